The van der Waals surface area contributed by atoms with Crippen molar-refractivity contribution in [1.82, 2.24) is 0 Å². The lowest BCUT2D eigenvalue weighted by molar-refractivity contribution is 0.139. The Morgan fingerprint density at radius 1 is 1.20 bits per heavy atom. The first kappa shape index (κ1) is 17.5. The summed E-state index contributed by atoms with van der Waals surface area (Å²) in [4.78, 5) is 0.168. The molecule has 1 unspecified atom stereocenters. The highest BCUT2D eigenvalue weighted by atomic mass is 35.5. The number of hydrogen-bond acceptors (Lipinski definition) is 3. The first-order valence-electron chi connectivity index (χ1n) is 6.97. The number of rotatable bonds is 7. The van der Waals surface area contributed by atoms with Crippen LogP contribution >= 0.6 is 11.6 Å². The Labute approximate surface area is 126 Å². The maximum atomic E-state index is 12.8. The van der Waals surface area contributed by atoms with E-state index in [9.17, 15) is 13.5 Å². The van der Waals surface area contributed by atoms with E-state index >= 15 is 0 Å². The molecule has 1 N–H and O–H groups in total. The number of aliphatic hydroxyl groups is 1. The van der Waals surface area contributed by atoms with Crippen LogP contribution in [0.15, 0.2) is 29.2 Å². The summed E-state index contributed by atoms with van der Waals surface area (Å²) in [7, 11) is -3.79. The van der Waals surface area contributed by atoms with Crippen LogP contribution in [0.3, 0.4) is 0 Å². The van der Waals surface area contributed by atoms with Crippen molar-refractivity contribution in [3.05, 3.63) is 29.8 Å². The van der Waals surface area contributed by atoms with Crippen molar-refractivity contribution in [3.8, 4) is 0 Å². The van der Waals surface area contributed by atoms with E-state index in [2.05, 4.69) is 0 Å². The second-order valence-corrected chi connectivity index (χ2v) is 8.26. The van der Waals surface area contributed by atoms with Gasteiger partial charge in [0.25, 0.3) is 0 Å². The van der Waals surface area contributed by atoms with Gasteiger partial charge in [-0.1, -0.05) is 56.0 Å². The number of benzene rings is 1. The molecule has 0 bridgehead atoms. The first-order chi connectivity index (χ1) is 9.29. The normalized spacial score (nSPS) is 16.6. The van der Waals surface area contributed by atoms with E-state index < -0.39 is 20.1 Å². The first-order valence-corrected chi connectivity index (χ1v) is 8.84. The van der Waals surface area contributed by atoms with Gasteiger partial charge in [-0.15, -0.1) is 0 Å². The van der Waals surface area contributed by atoms with E-state index in [-0.39, 0.29) is 11.3 Å². The molecule has 0 saturated carbocycles. The Hall–Kier alpha value is -0.580. The van der Waals surface area contributed by atoms with Crippen LogP contribution in [-0.4, -0.2) is 23.8 Å². The minimum atomic E-state index is -3.79. The lowest BCUT2D eigenvalue weighted by atomic mass is 10.1. The SMILES string of the molecule is CCCC(O)[C@](Cl)(CCC)S(=O)(=O)c1ccc(C)cc1. The summed E-state index contributed by atoms with van der Waals surface area (Å²) in [6, 6.07) is 6.58. The van der Waals surface area contributed by atoms with Crippen LogP contribution in [-0.2, 0) is 9.84 Å². The van der Waals surface area contributed by atoms with Crippen LogP contribution in [0.4, 0.5) is 0 Å². The molecule has 1 rings (SSSR count). The molecule has 0 saturated heterocycles. The van der Waals surface area contributed by atoms with Gasteiger partial charge in [-0.3, -0.25) is 0 Å². The molecule has 3 nitrogen and oxygen atoms in total. The van der Waals surface area contributed by atoms with Crippen LogP contribution in [0.1, 0.15) is 45.1 Å². The molecule has 5 heteroatoms. The summed E-state index contributed by atoms with van der Waals surface area (Å²) in [5.41, 5.74) is 0.980. The highest BCUT2D eigenvalue weighted by Crippen LogP contribution is 2.38. The Bertz CT molecular complexity index is 525. The van der Waals surface area contributed by atoms with Gasteiger partial charge in [0.1, 0.15) is 0 Å². The number of hydrogen-bond donors (Lipinski definition) is 1. The van der Waals surface area contributed by atoms with E-state index in [0.29, 0.717) is 19.3 Å². The maximum absolute atomic E-state index is 12.8. The van der Waals surface area contributed by atoms with E-state index in [0.717, 1.165) is 5.56 Å². The average molecular weight is 319 g/mol. The molecule has 0 heterocycles. The monoisotopic (exact) mass is 318 g/mol. The maximum Gasteiger partial charge on any atom is 0.200 e. The molecule has 0 radical (unpaired) electrons. The molecule has 0 amide bonds. The van der Waals surface area contributed by atoms with Gasteiger partial charge in [-0.05, 0) is 31.9 Å². The zero-order valence-corrected chi connectivity index (χ0v) is 13.8. The van der Waals surface area contributed by atoms with Crippen molar-refractivity contribution in [1.29, 1.82) is 0 Å². The standard InChI is InChI=1S/C15H23ClO3S/c1-4-6-14(17)15(16,11-5-2)20(18,19)13-9-7-12(3)8-10-13/h7-10,14,17H,4-6,11H2,1-3H3/t14?,15-/m0/s1. The minimum Gasteiger partial charge on any atom is -0.390 e. The Morgan fingerprint density at radius 2 is 1.75 bits per heavy atom. The Morgan fingerprint density at radius 3 is 2.20 bits per heavy atom. The second kappa shape index (κ2) is 6.92. The molecule has 0 aliphatic carbocycles. The zero-order valence-electron chi connectivity index (χ0n) is 12.3. The molecule has 0 aliphatic rings. The number of alkyl halides is 1. The summed E-state index contributed by atoms with van der Waals surface area (Å²) >= 11 is 6.40. The van der Waals surface area contributed by atoms with Crippen molar-refractivity contribution < 1.29 is 13.5 Å². The van der Waals surface area contributed by atoms with Gasteiger partial charge in [0.2, 0.25) is 9.84 Å². The number of halogens is 1. The van der Waals surface area contributed by atoms with Gasteiger partial charge >= 0.3 is 0 Å². The van der Waals surface area contributed by atoms with Crippen LogP contribution in [0.25, 0.3) is 0 Å². The number of aryl methyl sites for hydroxylation is 1. The summed E-state index contributed by atoms with van der Waals surface area (Å²) in [5, 5.41) is 10.2. The number of aliphatic hydroxyl groups excluding tert-OH is 1. The molecular formula is C15H23ClO3S. The van der Waals surface area contributed by atoms with Crippen LogP contribution in [0, 0.1) is 6.92 Å². The van der Waals surface area contributed by atoms with Gasteiger partial charge in [0.05, 0.1) is 11.0 Å². The minimum absolute atomic E-state index is 0.168. The summed E-state index contributed by atoms with van der Waals surface area (Å²) in [5.74, 6) is 0. The van der Waals surface area contributed by atoms with Gasteiger partial charge in [0.15, 0.2) is 4.21 Å². The summed E-state index contributed by atoms with van der Waals surface area (Å²) in [6.07, 6.45) is 0.805. The van der Waals surface area contributed by atoms with Crippen LogP contribution < -0.4 is 0 Å². The predicted octanol–water partition coefficient (Wildman–Crippen LogP) is 3.66. The van der Waals surface area contributed by atoms with Crippen molar-refractivity contribution in [2.45, 2.75) is 61.7 Å². The van der Waals surface area contributed by atoms with Crippen molar-refractivity contribution >= 4 is 21.4 Å². The lowest BCUT2D eigenvalue weighted by Crippen LogP contribution is -2.44. The predicted molar refractivity (Wildman–Crippen MR) is 82.8 cm³/mol. The highest BCUT2D eigenvalue weighted by molar-refractivity contribution is 7.94. The molecule has 0 aliphatic heterocycles. The molecule has 1 aromatic rings. The third-order valence-electron chi connectivity index (χ3n) is 3.43. The average Bonchev–Trinajstić information content (AvgIpc) is 2.39. The fourth-order valence-electron chi connectivity index (χ4n) is 2.22. The lowest BCUT2D eigenvalue weighted by Gasteiger charge is -2.31. The molecule has 114 valence electrons. The molecule has 0 fully saturated rings. The number of sulfone groups is 1. The third-order valence-corrected chi connectivity index (χ3v) is 6.74. The quantitative estimate of drug-likeness (QED) is 0.780. The fraction of sp³-hybridized carbons (Fsp3) is 0.600. The van der Waals surface area contributed by atoms with Gasteiger partial charge < -0.3 is 5.11 Å². The smallest absolute Gasteiger partial charge is 0.200 e. The Kier molecular flexibility index (Phi) is 6.05. The van der Waals surface area contributed by atoms with Crippen LogP contribution in [0.2, 0.25) is 0 Å². The molecule has 1 aromatic carbocycles. The van der Waals surface area contributed by atoms with E-state index in [1.165, 1.54) is 0 Å². The fourth-order valence-corrected chi connectivity index (χ4v) is 4.62. The molecule has 2 atom stereocenters. The van der Waals surface area contributed by atoms with Gasteiger partial charge in [0, 0.05) is 0 Å². The molecular weight excluding hydrogens is 296 g/mol. The second-order valence-electron chi connectivity index (χ2n) is 5.16. The van der Waals surface area contributed by atoms with Crippen molar-refractivity contribution in [2.24, 2.45) is 0 Å². The van der Waals surface area contributed by atoms with E-state index in [1.807, 2.05) is 20.8 Å². The van der Waals surface area contributed by atoms with Crippen LogP contribution in [0.5, 0.6) is 0 Å². The third kappa shape index (κ3) is 3.35. The van der Waals surface area contributed by atoms with Gasteiger partial charge in [-0.2, -0.15) is 0 Å². The molecule has 0 aromatic heterocycles. The van der Waals surface area contributed by atoms with Crippen molar-refractivity contribution in [2.75, 3.05) is 0 Å². The van der Waals surface area contributed by atoms with Gasteiger partial charge in [-0.25, -0.2) is 8.42 Å². The highest BCUT2D eigenvalue weighted by Gasteiger charge is 2.47. The molecule has 0 spiro atoms. The summed E-state index contributed by atoms with van der Waals surface area (Å²) < 4.78 is 23.9. The van der Waals surface area contributed by atoms with E-state index in [4.69, 9.17) is 11.6 Å². The summed E-state index contributed by atoms with van der Waals surface area (Å²) in [6.45, 7) is 5.65. The van der Waals surface area contributed by atoms with Crippen molar-refractivity contribution in [3.63, 3.8) is 0 Å². The largest absolute Gasteiger partial charge is 0.390 e. The Balaban J connectivity index is 3.27. The zero-order chi connectivity index (χ0) is 15.4. The van der Waals surface area contributed by atoms with E-state index in [1.54, 1.807) is 24.3 Å². The topological polar surface area (TPSA) is 54.4 Å². The molecule has 20 heavy (non-hydrogen) atoms.